The largest absolute Gasteiger partial charge is 0.339 e. The van der Waals surface area contributed by atoms with E-state index >= 15 is 0 Å². The number of rotatable bonds is 3. The molecule has 1 nitrogen and oxygen atoms in total. The van der Waals surface area contributed by atoms with Crippen LogP contribution in [-0.2, 0) is 0 Å². The van der Waals surface area contributed by atoms with Gasteiger partial charge in [-0.05, 0) is 0 Å². The van der Waals surface area contributed by atoms with Gasteiger partial charge in [0.2, 0.25) is 0 Å². The SMILES string of the molecule is NCC(F)C(F)(F)C(F)F. The van der Waals surface area contributed by atoms with Crippen molar-refractivity contribution >= 4 is 0 Å². The van der Waals surface area contributed by atoms with Gasteiger partial charge in [-0.1, -0.05) is 0 Å². The van der Waals surface area contributed by atoms with Gasteiger partial charge in [0.1, 0.15) is 0 Å². The lowest BCUT2D eigenvalue weighted by molar-refractivity contribution is -0.167. The molecule has 10 heavy (non-hydrogen) atoms. The molecule has 0 amide bonds. The molecule has 1 unspecified atom stereocenters. The molecule has 2 N–H and O–H groups in total. The summed E-state index contributed by atoms with van der Waals surface area (Å²) < 4.78 is 57.7. The lowest BCUT2D eigenvalue weighted by atomic mass is 10.2. The third kappa shape index (κ3) is 1.80. The summed E-state index contributed by atoms with van der Waals surface area (Å²) in [4.78, 5) is 0. The maximum atomic E-state index is 11.8. The van der Waals surface area contributed by atoms with Crippen molar-refractivity contribution < 1.29 is 22.0 Å². The zero-order chi connectivity index (χ0) is 8.36. The van der Waals surface area contributed by atoms with E-state index in [0.29, 0.717) is 0 Å². The third-order valence-corrected chi connectivity index (χ3v) is 0.916. The number of nitrogens with two attached hydrogens (primary N) is 1. The second kappa shape index (κ2) is 3.14. The molecule has 0 aromatic heterocycles. The summed E-state index contributed by atoms with van der Waals surface area (Å²) >= 11 is 0. The fourth-order valence-electron chi connectivity index (χ4n) is 0.294. The van der Waals surface area contributed by atoms with Crippen molar-refractivity contribution in [3.05, 3.63) is 0 Å². The van der Waals surface area contributed by atoms with Crippen molar-refractivity contribution in [2.45, 2.75) is 18.5 Å². The Labute approximate surface area is 54.0 Å². The topological polar surface area (TPSA) is 26.0 Å². The van der Waals surface area contributed by atoms with Crippen molar-refractivity contribution in [3.63, 3.8) is 0 Å². The van der Waals surface area contributed by atoms with Crippen molar-refractivity contribution in [2.75, 3.05) is 6.54 Å². The molecule has 6 heteroatoms. The molecular formula is C4H6F5N. The van der Waals surface area contributed by atoms with Gasteiger partial charge in [-0.3, -0.25) is 0 Å². The molecule has 0 spiro atoms. The van der Waals surface area contributed by atoms with Crippen molar-refractivity contribution in [1.29, 1.82) is 0 Å². The highest BCUT2D eigenvalue weighted by Gasteiger charge is 2.48. The van der Waals surface area contributed by atoms with Crippen LogP contribution in [0, 0.1) is 0 Å². The molecule has 0 aliphatic heterocycles. The smallest absolute Gasteiger partial charge is 0.328 e. The van der Waals surface area contributed by atoms with Crippen LogP contribution in [0.25, 0.3) is 0 Å². The van der Waals surface area contributed by atoms with Gasteiger partial charge in [0.25, 0.3) is 0 Å². The molecule has 0 fully saturated rings. The molecule has 0 aromatic rings. The minimum atomic E-state index is -4.62. The van der Waals surface area contributed by atoms with Gasteiger partial charge in [0.15, 0.2) is 6.17 Å². The van der Waals surface area contributed by atoms with Crippen molar-refractivity contribution in [1.82, 2.24) is 0 Å². The average molecular weight is 163 g/mol. The van der Waals surface area contributed by atoms with Crippen molar-refractivity contribution in [2.24, 2.45) is 5.73 Å². The molecule has 0 bridgehead atoms. The number of halogens is 5. The average Bonchev–Trinajstić information content (AvgIpc) is 1.86. The molecule has 0 aliphatic carbocycles. The third-order valence-electron chi connectivity index (χ3n) is 0.916. The molecule has 0 aliphatic rings. The van der Waals surface area contributed by atoms with E-state index in [2.05, 4.69) is 5.73 Å². The molecule has 0 saturated heterocycles. The predicted molar refractivity (Wildman–Crippen MR) is 24.9 cm³/mol. The lowest BCUT2D eigenvalue weighted by Crippen LogP contribution is -2.41. The highest BCUT2D eigenvalue weighted by molar-refractivity contribution is 4.79. The number of hydrogen-bond acceptors (Lipinski definition) is 1. The molecular weight excluding hydrogens is 157 g/mol. The Hall–Kier alpha value is -0.390. The van der Waals surface area contributed by atoms with Crippen LogP contribution >= 0.6 is 0 Å². The molecule has 0 heterocycles. The van der Waals surface area contributed by atoms with Crippen LogP contribution < -0.4 is 5.73 Å². The highest BCUT2D eigenvalue weighted by atomic mass is 19.3. The zero-order valence-electron chi connectivity index (χ0n) is 4.83. The first kappa shape index (κ1) is 9.61. The minimum absolute atomic E-state index is 1.10. The van der Waals surface area contributed by atoms with Crippen LogP contribution in [0.1, 0.15) is 0 Å². The predicted octanol–water partition coefficient (Wildman–Crippen LogP) is 1.18. The first-order valence-electron chi connectivity index (χ1n) is 2.43. The summed E-state index contributed by atoms with van der Waals surface area (Å²) in [6.07, 6.45) is -6.96. The fraction of sp³-hybridized carbons (Fsp3) is 1.00. The second-order valence-corrected chi connectivity index (χ2v) is 1.68. The highest BCUT2D eigenvalue weighted by Crippen LogP contribution is 2.28. The normalized spacial score (nSPS) is 15.9. The standard InChI is InChI=1S/C4H6F5N/c5-2(1-10)4(8,9)3(6)7/h2-3H,1,10H2. The summed E-state index contributed by atoms with van der Waals surface area (Å²) in [7, 11) is 0. The van der Waals surface area contributed by atoms with Gasteiger partial charge >= 0.3 is 12.3 Å². The lowest BCUT2D eigenvalue weighted by Gasteiger charge is -2.17. The van der Waals surface area contributed by atoms with Crippen LogP contribution in [0.5, 0.6) is 0 Å². The van der Waals surface area contributed by atoms with Crippen LogP contribution in [0.2, 0.25) is 0 Å². The van der Waals surface area contributed by atoms with Gasteiger partial charge in [0, 0.05) is 6.54 Å². The Morgan fingerprint density at radius 2 is 1.60 bits per heavy atom. The molecule has 0 rings (SSSR count). The van der Waals surface area contributed by atoms with E-state index in [4.69, 9.17) is 0 Å². The maximum Gasteiger partial charge on any atom is 0.339 e. The van der Waals surface area contributed by atoms with Gasteiger partial charge in [-0.15, -0.1) is 0 Å². The van der Waals surface area contributed by atoms with E-state index < -0.39 is 25.1 Å². The Balaban J connectivity index is 4.09. The molecule has 0 saturated carbocycles. The molecule has 1 atom stereocenters. The fourth-order valence-corrected chi connectivity index (χ4v) is 0.294. The minimum Gasteiger partial charge on any atom is -0.328 e. The van der Waals surface area contributed by atoms with Crippen molar-refractivity contribution in [3.8, 4) is 0 Å². The number of alkyl halides is 5. The zero-order valence-corrected chi connectivity index (χ0v) is 4.83. The maximum absolute atomic E-state index is 11.8. The summed E-state index contributed by atoms with van der Waals surface area (Å²) in [6, 6.07) is 0. The molecule has 0 aromatic carbocycles. The van der Waals surface area contributed by atoms with E-state index in [1.807, 2.05) is 0 Å². The van der Waals surface area contributed by atoms with E-state index in [0.717, 1.165) is 0 Å². The van der Waals surface area contributed by atoms with Gasteiger partial charge in [-0.25, -0.2) is 13.2 Å². The van der Waals surface area contributed by atoms with E-state index in [9.17, 15) is 22.0 Å². The summed E-state index contributed by atoms with van der Waals surface area (Å²) in [5, 5.41) is 0. The number of hydrogen-bond donors (Lipinski definition) is 1. The first-order valence-corrected chi connectivity index (χ1v) is 2.43. The molecule has 0 radical (unpaired) electrons. The van der Waals surface area contributed by atoms with E-state index in [1.165, 1.54) is 0 Å². The van der Waals surface area contributed by atoms with Crippen LogP contribution in [0.4, 0.5) is 22.0 Å². The van der Waals surface area contributed by atoms with Crippen LogP contribution in [0.15, 0.2) is 0 Å². The molecule has 62 valence electrons. The monoisotopic (exact) mass is 163 g/mol. The second-order valence-electron chi connectivity index (χ2n) is 1.68. The van der Waals surface area contributed by atoms with Gasteiger partial charge in [0.05, 0.1) is 0 Å². The van der Waals surface area contributed by atoms with Gasteiger partial charge in [-0.2, -0.15) is 8.78 Å². The Morgan fingerprint density at radius 1 is 1.20 bits per heavy atom. The summed E-state index contributed by atoms with van der Waals surface area (Å²) in [5.74, 6) is -4.62. The summed E-state index contributed by atoms with van der Waals surface area (Å²) in [6.45, 7) is -1.10. The summed E-state index contributed by atoms with van der Waals surface area (Å²) in [5.41, 5.74) is 4.41. The van der Waals surface area contributed by atoms with Gasteiger partial charge < -0.3 is 5.73 Å². The first-order chi connectivity index (χ1) is 4.42. The quantitative estimate of drug-likeness (QED) is 0.621. The Kier molecular flexibility index (Phi) is 3.01. The van der Waals surface area contributed by atoms with Crippen LogP contribution in [0.3, 0.4) is 0 Å². The van der Waals surface area contributed by atoms with Crippen LogP contribution in [-0.4, -0.2) is 25.1 Å². The Bertz CT molecular complexity index is 104. The van der Waals surface area contributed by atoms with E-state index in [1.54, 1.807) is 0 Å². The Morgan fingerprint density at radius 3 is 1.70 bits per heavy atom. The van der Waals surface area contributed by atoms with E-state index in [-0.39, 0.29) is 0 Å².